The number of carbonyl (C=O) groups excluding carboxylic acids is 1. The van der Waals surface area contributed by atoms with Gasteiger partial charge in [0, 0.05) is 6.07 Å². The van der Waals surface area contributed by atoms with E-state index in [1.807, 2.05) is 0 Å². The van der Waals surface area contributed by atoms with Crippen molar-refractivity contribution in [3.8, 4) is 11.5 Å². The number of hydrogen-bond donors (Lipinski definition) is 0. The molecule has 0 atom stereocenters. The van der Waals surface area contributed by atoms with Gasteiger partial charge in [0.1, 0.15) is 17.3 Å². The van der Waals surface area contributed by atoms with E-state index in [1.54, 1.807) is 0 Å². The highest BCUT2D eigenvalue weighted by atomic mass is 35.5. The molecule has 0 aromatic heterocycles. The minimum Gasteiger partial charge on any atom is -0.455 e. The van der Waals surface area contributed by atoms with E-state index in [2.05, 4.69) is 0 Å². The van der Waals surface area contributed by atoms with Crippen LogP contribution < -0.4 is 4.74 Å². The molecule has 2 rings (SSSR count). The van der Waals surface area contributed by atoms with Crippen LogP contribution in [0.2, 0.25) is 15.1 Å². The quantitative estimate of drug-likeness (QED) is 0.525. The average molecular weight is 334 g/mol. The van der Waals surface area contributed by atoms with Crippen molar-refractivity contribution in [3.63, 3.8) is 0 Å². The number of ether oxygens (including phenoxy) is 1. The Morgan fingerprint density at radius 1 is 1.05 bits per heavy atom. The first-order chi connectivity index (χ1) is 9.40. The van der Waals surface area contributed by atoms with Gasteiger partial charge in [0.25, 0.3) is 0 Å². The molecule has 104 valence electrons. The van der Waals surface area contributed by atoms with E-state index in [4.69, 9.17) is 39.5 Å². The first-order valence-electron chi connectivity index (χ1n) is 5.52. The number of hydrogen-bond acceptors (Lipinski definition) is 2. The normalized spacial score (nSPS) is 10.4. The Kier molecular flexibility index (Phi) is 4.53. The zero-order chi connectivity index (χ0) is 14.9. The van der Waals surface area contributed by atoms with E-state index in [0.29, 0.717) is 0 Å². The number of carbonyl (C=O) groups is 1. The maximum atomic E-state index is 13.7. The molecule has 2 aromatic rings. The zero-order valence-electron chi connectivity index (χ0n) is 10.2. The van der Waals surface area contributed by atoms with Crippen LogP contribution in [0, 0.1) is 5.82 Å². The summed E-state index contributed by atoms with van der Waals surface area (Å²) >= 11 is 17.7. The summed E-state index contributed by atoms with van der Waals surface area (Å²) in [5, 5.41) is 0.722. The van der Waals surface area contributed by atoms with Gasteiger partial charge in [-0.1, -0.05) is 40.9 Å². The molecule has 0 saturated heterocycles. The fraction of sp³-hybridized carbons (Fsp3) is 0.0714. The Balaban J connectivity index is 2.48. The molecule has 0 unspecified atom stereocenters. The van der Waals surface area contributed by atoms with Gasteiger partial charge in [-0.15, -0.1) is 0 Å². The van der Waals surface area contributed by atoms with Gasteiger partial charge in [-0.25, -0.2) is 4.39 Å². The van der Waals surface area contributed by atoms with Gasteiger partial charge < -0.3 is 4.74 Å². The van der Waals surface area contributed by atoms with Crippen LogP contribution in [-0.4, -0.2) is 5.78 Å². The predicted octanol–water partition coefficient (Wildman–Crippen LogP) is 5.78. The number of rotatable bonds is 3. The monoisotopic (exact) mass is 332 g/mol. The number of halogens is 4. The molecule has 0 amide bonds. The summed E-state index contributed by atoms with van der Waals surface area (Å²) in [6, 6.07) is 6.90. The Morgan fingerprint density at radius 2 is 1.70 bits per heavy atom. The Morgan fingerprint density at radius 3 is 2.35 bits per heavy atom. The first kappa shape index (κ1) is 15.1. The molecule has 0 aliphatic rings. The molecule has 2 aromatic carbocycles. The summed E-state index contributed by atoms with van der Waals surface area (Å²) in [6.07, 6.45) is 0. The van der Waals surface area contributed by atoms with Crippen molar-refractivity contribution in [2.75, 3.05) is 0 Å². The highest BCUT2D eigenvalue weighted by Gasteiger charge is 2.16. The van der Waals surface area contributed by atoms with Gasteiger partial charge in [0.2, 0.25) is 0 Å². The lowest BCUT2D eigenvalue weighted by atomic mass is 10.1. The summed E-state index contributed by atoms with van der Waals surface area (Å²) < 4.78 is 19.1. The van der Waals surface area contributed by atoms with E-state index in [1.165, 1.54) is 37.3 Å². The minimum atomic E-state index is -0.661. The smallest absolute Gasteiger partial charge is 0.166 e. The summed E-state index contributed by atoms with van der Waals surface area (Å²) in [5.41, 5.74) is -0.144. The molecule has 6 heteroatoms. The van der Waals surface area contributed by atoms with Crippen molar-refractivity contribution in [1.82, 2.24) is 0 Å². The summed E-state index contributed by atoms with van der Waals surface area (Å²) in [6.45, 7) is 1.25. The fourth-order valence-electron chi connectivity index (χ4n) is 1.63. The molecule has 0 spiro atoms. The number of Topliss-reactive ketones (excluding diaryl/α,β-unsaturated/α-hetero) is 1. The summed E-state index contributed by atoms with van der Waals surface area (Å²) in [4.78, 5) is 11.5. The standard InChI is InChI=1S/C14H8Cl3FO2/c1-7(19)14-11(18)3-2-4-12(14)20-13-6-9(16)8(15)5-10(13)17/h2-6H,1H3. The first-order valence-corrected chi connectivity index (χ1v) is 6.65. The fourth-order valence-corrected chi connectivity index (χ4v) is 2.21. The second-order valence-corrected chi connectivity index (χ2v) is 5.19. The molecule has 0 bridgehead atoms. The Bertz CT molecular complexity index is 686. The molecular weight excluding hydrogens is 326 g/mol. The van der Waals surface area contributed by atoms with Crippen LogP contribution in [0.4, 0.5) is 4.39 Å². The van der Waals surface area contributed by atoms with Crippen LogP contribution in [0.1, 0.15) is 17.3 Å². The van der Waals surface area contributed by atoms with Crippen LogP contribution >= 0.6 is 34.8 Å². The predicted molar refractivity (Wildman–Crippen MR) is 78.0 cm³/mol. The molecule has 0 aliphatic carbocycles. The molecular formula is C14H8Cl3FO2. The van der Waals surface area contributed by atoms with Crippen LogP contribution in [0.25, 0.3) is 0 Å². The Hall–Kier alpha value is -1.29. The Labute approximate surface area is 130 Å². The van der Waals surface area contributed by atoms with Gasteiger partial charge in [-0.05, 0) is 25.1 Å². The van der Waals surface area contributed by atoms with Crippen LogP contribution in [0.15, 0.2) is 30.3 Å². The lowest BCUT2D eigenvalue weighted by Gasteiger charge is -2.12. The third kappa shape index (κ3) is 3.06. The molecule has 0 radical (unpaired) electrons. The number of ketones is 1. The second kappa shape index (κ2) is 6.00. The van der Waals surface area contributed by atoms with Crippen LogP contribution in [0.3, 0.4) is 0 Å². The minimum absolute atomic E-state index is 0.0674. The molecule has 20 heavy (non-hydrogen) atoms. The van der Waals surface area contributed by atoms with E-state index in [-0.39, 0.29) is 32.1 Å². The van der Waals surface area contributed by atoms with Crippen LogP contribution in [-0.2, 0) is 0 Å². The largest absolute Gasteiger partial charge is 0.455 e. The van der Waals surface area contributed by atoms with Crippen molar-refractivity contribution >= 4 is 40.6 Å². The molecule has 0 fully saturated rings. The van der Waals surface area contributed by atoms with E-state index in [9.17, 15) is 9.18 Å². The topological polar surface area (TPSA) is 26.3 Å². The lowest BCUT2D eigenvalue weighted by molar-refractivity contribution is 0.101. The number of benzene rings is 2. The molecule has 0 heterocycles. The molecule has 0 saturated carbocycles. The molecule has 2 nitrogen and oxygen atoms in total. The highest BCUT2D eigenvalue weighted by Crippen LogP contribution is 2.37. The van der Waals surface area contributed by atoms with Crippen molar-refractivity contribution in [3.05, 3.63) is 56.8 Å². The van der Waals surface area contributed by atoms with Gasteiger partial charge in [0.15, 0.2) is 5.78 Å². The average Bonchev–Trinajstić information content (AvgIpc) is 2.35. The van der Waals surface area contributed by atoms with Crippen molar-refractivity contribution in [1.29, 1.82) is 0 Å². The van der Waals surface area contributed by atoms with Crippen molar-refractivity contribution in [2.24, 2.45) is 0 Å². The van der Waals surface area contributed by atoms with E-state index >= 15 is 0 Å². The van der Waals surface area contributed by atoms with E-state index < -0.39 is 11.6 Å². The molecule has 0 N–H and O–H groups in total. The third-order valence-electron chi connectivity index (χ3n) is 2.52. The SMILES string of the molecule is CC(=O)c1c(F)cccc1Oc1cc(Cl)c(Cl)cc1Cl. The summed E-state index contributed by atoms with van der Waals surface area (Å²) in [7, 11) is 0. The maximum absolute atomic E-state index is 13.7. The van der Waals surface area contributed by atoms with Crippen molar-refractivity contribution in [2.45, 2.75) is 6.92 Å². The lowest BCUT2D eigenvalue weighted by Crippen LogP contribution is -2.01. The molecule has 0 aliphatic heterocycles. The van der Waals surface area contributed by atoms with Gasteiger partial charge >= 0.3 is 0 Å². The second-order valence-electron chi connectivity index (χ2n) is 3.97. The highest BCUT2D eigenvalue weighted by molar-refractivity contribution is 6.43. The third-order valence-corrected chi connectivity index (χ3v) is 3.54. The maximum Gasteiger partial charge on any atom is 0.166 e. The van der Waals surface area contributed by atoms with Crippen molar-refractivity contribution < 1.29 is 13.9 Å². The zero-order valence-corrected chi connectivity index (χ0v) is 12.5. The van der Waals surface area contributed by atoms with E-state index in [0.717, 1.165) is 0 Å². The van der Waals surface area contributed by atoms with Gasteiger partial charge in [-0.3, -0.25) is 4.79 Å². The van der Waals surface area contributed by atoms with Gasteiger partial charge in [0.05, 0.1) is 20.6 Å². The summed E-state index contributed by atoms with van der Waals surface area (Å²) in [5.74, 6) is -0.854. The van der Waals surface area contributed by atoms with Gasteiger partial charge in [-0.2, -0.15) is 0 Å². The van der Waals surface area contributed by atoms with Crippen LogP contribution in [0.5, 0.6) is 11.5 Å².